The number of amides is 1. The number of carbonyl (C=O) groups is 1. The van der Waals surface area contributed by atoms with Crippen LogP contribution in [0.15, 0.2) is 24.3 Å². The van der Waals surface area contributed by atoms with E-state index in [1.54, 1.807) is 0 Å². The summed E-state index contributed by atoms with van der Waals surface area (Å²) in [6.07, 6.45) is 0.366. The number of rotatable bonds is 6. The van der Waals surface area contributed by atoms with E-state index in [0.29, 0.717) is 19.6 Å². The number of aromatic nitrogens is 2. The molecule has 0 bridgehead atoms. The van der Waals surface area contributed by atoms with Gasteiger partial charge in [-0.05, 0) is 38.5 Å². The lowest BCUT2D eigenvalue weighted by Gasteiger charge is -2.07. The molecule has 0 fully saturated rings. The van der Waals surface area contributed by atoms with Gasteiger partial charge in [-0.2, -0.15) is 5.10 Å². The molecule has 1 heterocycles. The van der Waals surface area contributed by atoms with Crippen LogP contribution in [0.5, 0.6) is 5.75 Å². The Bertz CT molecular complexity index is 645. The minimum atomic E-state index is 0.00631. The minimum Gasteiger partial charge on any atom is -0.494 e. The molecule has 1 N–H and O–H groups in total. The average Bonchev–Trinajstić information content (AvgIpc) is 2.72. The van der Waals surface area contributed by atoms with Crippen LogP contribution in [-0.2, 0) is 24.8 Å². The van der Waals surface area contributed by atoms with E-state index in [1.807, 2.05) is 56.8 Å². The lowest BCUT2D eigenvalue weighted by atomic mass is 10.1. The molecule has 1 aromatic carbocycles. The van der Waals surface area contributed by atoms with Crippen LogP contribution in [0.25, 0.3) is 0 Å². The van der Waals surface area contributed by atoms with Crippen molar-refractivity contribution < 1.29 is 9.53 Å². The second kappa shape index (κ2) is 7.11. The van der Waals surface area contributed by atoms with E-state index in [0.717, 1.165) is 28.3 Å². The number of benzene rings is 1. The molecule has 0 atom stereocenters. The van der Waals surface area contributed by atoms with Gasteiger partial charge >= 0.3 is 0 Å². The summed E-state index contributed by atoms with van der Waals surface area (Å²) in [4.78, 5) is 12.1. The smallest absolute Gasteiger partial charge is 0.224 e. The van der Waals surface area contributed by atoms with Gasteiger partial charge < -0.3 is 10.1 Å². The van der Waals surface area contributed by atoms with E-state index < -0.39 is 0 Å². The number of nitrogens with one attached hydrogen (secondary N) is 1. The van der Waals surface area contributed by atoms with Crippen molar-refractivity contribution in [1.82, 2.24) is 15.1 Å². The van der Waals surface area contributed by atoms with Crippen LogP contribution in [0.1, 0.15) is 29.4 Å². The van der Waals surface area contributed by atoms with Gasteiger partial charge in [0.1, 0.15) is 5.75 Å². The topological polar surface area (TPSA) is 56.1 Å². The standard InChI is InChI=1S/C17H23N3O2/c1-5-22-15-8-6-14(7-9-15)10-17(21)18-11-16-12(2)19-20(4)13(16)3/h6-9H,5,10-11H2,1-4H3,(H,18,21). The lowest BCUT2D eigenvalue weighted by Crippen LogP contribution is -2.25. The van der Waals surface area contributed by atoms with Crippen molar-refractivity contribution in [3.05, 3.63) is 46.8 Å². The zero-order valence-electron chi connectivity index (χ0n) is 13.6. The third kappa shape index (κ3) is 3.87. The number of ether oxygens (including phenoxy) is 1. The quantitative estimate of drug-likeness (QED) is 0.890. The van der Waals surface area contributed by atoms with Gasteiger partial charge in [-0.15, -0.1) is 0 Å². The van der Waals surface area contributed by atoms with Crippen LogP contribution in [0.2, 0.25) is 0 Å². The zero-order chi connectivity index (χ0) is 16.1. The predicted octanol–water partition coefficient (Wildman–Crippen LogP) is 2.29. The maximum Gasteiger partial charge on any atom is 0.224 e. The SMILES string of the molecule is CCOc1ccc(CC(=O)NCc2c(C)nn(C)c2C)cc1. The molecule has 118 valence electrons. The highest BCUT2D eigenvalue weighted by atomic mass is 16.5. The molecular formula is C17H23N3O2. The molecule has 1 amide bonds. The van der Waals surface area contributed by atoms with Crippen molar-refractivity contribution in [2.75, 3.05) is 6.61 Å². The Morgan fingerprint density at radius 2 is 1.95 bits per heavy atom. The molecule has 2 aromatic rings. The van der Waals surface area contributed by atoms with Crippen LogP contribution >= 0.6 is 0 Å². The third-order valence-electron chi connectivity index (χ3n) is 3.72. The largest absolute Gasteiger partial charge is 0.494 e. The fourth-order valence-electron chi connectivity index (χ4n) is 2.38. The fraction of sp³-hybridized carbons (Fsp3) is 0.412. The molecule has 22 heavy (non-hydrogen) atoms. The van der Waals surface area contributed by atoms with E-state index >= 15 is 0 Å². The van der Waals surface area contributed by atoms with E-state index in [2.05, 4.69) is 10.4 Å². The molecule has 2 rings (SSSR count). The summed E-state index contributed by atoms with van der Waals surface area (Å²) in [6.45, 7) is 7.07. The van der Waals surface area contributed by atoms with Crippen molar-refractivity contribution in [3.8, 4) is 5.75 Å². The van der Waals surface area contributed by atoms with Gasteiger partial charge in [-0.3, -0.25) is 9.48 Å². The Morgan fingerprint density at radius 3 is 2.50 bits per heavy atom. The number of hydrogen-bond acceptors (Lipinski definition) is 3. The summed E-state index contributed by atoms with van der Waals surface area (Å²) in [7, 11) is 1.91. The predicted molar refractivity (Wildman–Crippen MR) is 85.8 cm³/mol. The normalized spacial score (nSPS) is 10.5. The molecule has 5 nitrogen and oxygen atoms in total. The molecule has 0 saturated carbocycles. The van der Waals surface area contributed by atoms with Gasteiger partial charge in [0.2, 0.25) is 5.91 Å². The maximum absolute atomic E-state index is 12.1. The molecule has 0 aliphatic heterocycles. The minimum absolute atomic E-state index is 0.00631. The molecule has 5 heteroatoms. The van der Waals surface area contributed by atoms with E-state index in [-0.39, 0.29) is 5.91 Å². The Labute approximate surface area is 131 Å². The van der Waals surface area contributed by atoms with Gasteiger partial charge in [0.25, 0.3) is 0 Å². The summed E-state index contributed by atoms with van der Waals surface area (Å²) in [5, 5.41) is 7.31. The molecule has 0 spiro atoms. The first-order valence-corrected chi connectivity index (χ1v) is 7.48. The van der Waals surface area contributed by atoms with Crippen molar-refractivity contribution in [2.45, 2.75) is 33.7 Å². The fourth-order valence-corrected chi connectivity index (χ4v) is 2.38. The number of carbonyl (C=O) groups excluding carboxylic acids is 1. The van der Waals surface area contributed by atoms with Crippen molar-refractivity contribution in [3.63, 3.8) is 0 Å². The monoisotopic (exact) mass is 301 g/mol. The van der Waals surface area contributed by atoms with E-state index in [4.69, 9.17) is 4.74 Å². The van der Waals surface area contributed by atoms with Crippen LogP contribution in [0.4, 0.5) is 0 Å². The first-order valence-electron chi connectivity index (χ1n) is 7.48. The summed E-state index contributed by atoms with van der Waals surface area (Å²) >= 11 is 0. The molecule has 1 aromatic heterocycles. The summed E-state index contributed by atoms with van der Waals surface area (Å²) in [6, 6.07) is 7.62. The van der Waals surface area contributed by atoms with Gasteiger partial charge in [0.05, 0.1) is 18.7 Å². The van der Waals surface area contributed by atoms with Gasteiger partial charge in [-0.1, -0.05) is 12.1 Å². The number of nitrogens with zero attached hydrogens (tertiary/aromatic N) is 2. The zero-order valence-corrected chi connectivity index (χ0v) is 13.6. The highest BCUT2D eigenvalue weighted by molar-refractivity contribution is 5.78. The van der Waals surface area contributed by atoms with Crippen molar-refractivity contribution in [2.24, 2.45) is 7.05 Å². The van der Waals surface area contributed by atoms with Crippen molar-refractivity contribution >= 4 is 5.91 Å². The number of aryl methyl sites for hydroxylation is 2. The summed E-state index contributed by atoms with van der Waals surface area (Å²) < 4.78 is 7.23. The van der Waals surface area contributed by atoms with Gasteiger partial charge in [-0.25, -0.2) is 0 Å². The molecular weight excluding hydrogens is 278 g/mol. The van der Waals surface area contributed by atoms with E-state index in [9.17, 15) is 4.79 Å². The number of hydrogen-bond donors (Lipinski definition) is 1. The Balaban J connectivity index is 1.90. The molecule has 0 unspecified atom stereocenters. The van der Waals surface area contributed by atoms with Crippen LogP contribution in [0, 0.1) is 13.8 Å². The highest BCUT2D eigenvalue weighted by Crippen LogP contribution is 2.13. The Morgan fingerprint density at radius 1 is 1.27 bits per heavy atom. The first kappa shape index (κ1) is 16.1. The molecule has 0 aliphatic rings. The van der Waals surface area contributed by atoms with Crippen LogP contribution in [-0.4, -0.2) is 22.3 Å². The van der Waals surface area contributed by atoms with Crippen molar-refractivity contribution in [1.29, 1.82) is 0 Å². The van der Waals surface area contributed by atoms with Crippen LogP contribution in [0.3, 0.4) is 0 Å². The van der Waals surface area contributed by atoms with Gasteiger partial charge in [0, 0.05) is 24.8 Å². The Kier molecular flexibility index (Phi) is 5.20. The summed E-state index contributed by atoms with van der Waals surface area (Å²) in [5.41, 5.74) is 4.10. The summed E-state index contributed by atoms with van der Waals surface area (Å²) in [5.74, 6) is 0.833. The second-order valence-electron chi connectivity index (χ2n) is 5.30. The third-order valence-corrected chi connectivity index (χ3v) is 3.72. The average molecular weight is 301 g/mol. The molecule has 0 aliphatic carbocycles. The van der Waals surface area contributed by atoms with Gasteiger partial charge in [0.15, 0.2) is 0 Å². The highest BCUT2D eigenvalue weighted by Gasteiger charge is 2.10. The van der Waals surface area contributed by atoms with E-state index in [1.165, 1.54) is 0 Å². The first-order chi connectivity index (χ1) is 10.5. The second-order valence-corrected chi connectivity index (χ2v) is 5.30. The maximum atomic E-state index is 12.1. The van der Waals surface area contributed by atoms with Crippen LogP contribution < -0.4 is 10.1 Å². The molecule has 0 saturated heterocycles. The molecule has 0 radical (unpaired) electrons. The lowest BCUT2D eigenvalue weighted by molar-refractivity contribution is -0.120. The Hall–Kier alpha value is -2.30.